The first-order chi connectivity index (χ1) is 20.4. The number of phenols is 2. The van der Waals surface area contributed by atoms with Crippen molar-refractivity contribution in [3.8, 4) is 28.7 Å². The molecule has 5 rings (SSSR count). The lowest BCUT2D eigenvalue weighted by Crippen LogP contribution is -2.61. The molecule has 0 amide bonds. The van der Waals surface area contributed by atoms with Crippen LogP contribution >= 0.6 is 0 Å². The maximum Gasteiger partial charge on any atom is 0.229 e. The Bertz CT molecular complexity index is 1320. The van der Waals surface area contributed by atoms with E-state index in [-0.39, 0.29) is 35.0 Å². The highest BCUT2D eigenvalue weighted by molar-refractivity contribution is 6.02. The molecule has 11 atom stereocenters. The Balaban J connectivity index is 1.30. The van der Waals surface area contributed by atoms with Crippen molar-refractivity contribution < 1.29 is 74.1 Å². The number of fused-ring (bicyclic) bond motifs is 1. The molecule has 43 heavy (non-hydrogen) atoms. The number of carbonyl (C=O) groups is 1. The van der Waals surface area contributed by atoms with E-state index in [4.69, 9.17) is 28.4 Å². The molecule has 236 valence electrons. The van der Waals surface area contributed by atoms with Gasteiger partial charge in [-0.3, -0.25) is 4.79 Å². The summed E-state index contributed by atoms with van der Waals surface area (Å²) in [4.78, 5) is 12.9. The highest BCUT2D eigenvalue weighted by atomic mass is 16.7. The summed E-state index contributed by atoms with van der Waals surface area (Å²) in [7, 11) is 1.39. The van der Waals surface area contributed by atoms with Gasteiger partial charge >= 0.3 is 0 Å². The average Bonchev–Trinajstić information content (AvgIpc) is 2.97. The van der Waals surface area contributed by atoms with Gasteiger partial charge in [0, 0.05) is 12.1 Å². The molecule has 2 saturated heterocycles. The van der Waals surface area contributed by atoms with Crippen LogP contribution in [-0.2, 0) is 14.2 Å². The summed E-state index contributed by atoms with van der Waals surface area (Å²) in [6.45, 7) is 0.964. The molecule has 0 saturated carbocycles. The van der Waals surface area contributed by atoms with Gasteiger partial charge in [-0.1, -0.05) is 6.07 Å². The van der Waals surface area contributed by atoms with Gasteiger partial charge in [-0.2, -0.15) is 0 Å². The lowest BCUT2D eigenvalue weighted by Gasteiger charge is -2.42. The van der Waals surface area contributed by atoms with Crippen molar-refractivity contribution >= 4 is 5.78 Å². The molecule has 0 aliphatic carbocycles. The highest BCUT2D eigenvalue weighted by Crippen LogP contribution is 2.43. The number of methoxy groups -OCH3 is 1. The molecule has 3 aliphatic heterocycles. The fourth-order valence-corrected chi connectivity index (χ4v) is 5.20. The average molecular weight is 611 g/mol. The van der Waals surface area contributed by atoms with Crippen molar-refractivity contribution in [2.24, 2.45) is 0 Å². The molecule has 0 aromatic heterocycles. The summed E-state index contributed by atoms with van der Waals surface area (Å²) in [6, 6.07) is 6.90. The number of aliphatic hydroxyl groups excluding tert-OH is 6. The number of aromatic hydroxyl groups is 2. The third-order valence-electron chi connectivity index (χ3n) is 7.70. The number of rotatable bonds is 7. The molecule has 15 nitrogen and oxygen atoms in total. The second-order valence-electron chi connectivity index (χ2n) is 10.6. The zero-order valence-corrected chi connectivity index (χ0v) is 23.1. The van der Waals surface area contributed by atoms with Gasteiger partial charge in [0.05, 0.1) is 26.2 Å². The van der Waals surface area contributed by atoms with Crippen LogP contribution in [-0.4, -0.2) is 122 Å². The van der Waals surface area contributed by atoms with Crippen LogP contribution in [0.2, 0.25) is 0 Å². The second-order valence-corrected chi connectivity index (χ2v) is 10.6. The topological polar surface area (TPSA) is 234 Å². The zero-order valence-electron chi connectivity index (χ0n) is 23.1. The highest BCUT2D eigenvalue weighted by Gasteiger charge is 2.47. The van der Waals surface area contributed by atoms with Crippen LogP contribution in [0.5, 0.6) is 28.7 Å². The van der Waals surface area contributed by atoms with E-state index in [0.29, 0.717) is 5.56 Å². The largest absolute Gasteiger partial charge is 0.507 e. The summed E-state index contributed by atoms with van der Waals surface area (Å²) in [5, 5.41) is 82.2. The molecule has 4 unspecified atom stereocenters. The van der Waals surface area contributed by atoms with Crippen LogP contribution in [0.3, 0.4) is 0 Å². The number of carbonyl (C=O) groups excluding carboxylic acids is 1. The number of benzene rings is 2. The van der Waals surface area contributed by atoms with E-state index in [0.717, 1.165) is 6.07 Å². The van der Waals surface area contributed by atoms with Crippen molar-refractivity contribution in [2.75, 3.05) is 13.7 Å². The summed E-state index contributed by atoms with van der Waals surface area (Å²) >= 11 is 0. The Morgan fingerprint density at radius 2 is 1.53 bits per heavy atom. The molecule has 2 aromatic rings. The maximum absolute atomic E-state index is 12.9. The maximum atomic E-state index is 12.9. The van der Waals surface area contributed by atoms with Crippen LogP contribution in [0.25, 0.3) is 0 Å². The normalized spacial score (nSPS) is 36.0. The minimum Gasteiger partial charge on any atom is -0.507 e. The number of ether oxygens (including phenoxy) is 6. The smallest absolute Gasteiger partial charge is 0.229 e. The van der Waals surface area contributed by atoms with Gasteiger partial charge in [-0.15, -0.1) is 0 Å². The van der Waals surface area contributed by atoms with Gasteiger partial charge < -0.3 is 69.3 Å². The summed E-state index contributed by atoms with van der Waals surface area (Å²) in [6.07, 6.45) is -15.9. The van der Waals surface area contributed by atoms with Crippen molar-refractivity contribution in [1.82, 2.24) is 0 Å². The first kappa shape index (κ1) is 31.2. The summed E-state index contributed by atoms with van der Waals surface area (Å²) in [5.41, 5.74) is 0.373. The predicted octanol–water partition coefficient (Wildman–Crippen LogP) is -1.16. The van der Waals surface area contributed by atoms with E-state index in [1.807, 2.05) is 0 Å². The van der Waals surface area contributed by atoms with Crippen molar-refractivity contribution in [1.29, 1.82) is 0 Å². The molecule has 3 aliphatic rings. The van der Waals surface area contributed by atoms with Crippen LogP contribution in [0, 0.1) is 0 Å². The number of aliphatic hydroxyl groups is 6. The van der Waals surface area contributed by atoms with E-state index in [2.05, 4.69) is 0 Å². The molecule has 8 N–H and O–H groups in total. The van der Waals surface area contributed by atoms with Gasteiger partial charge in [0.15, 0.2) is 23.6 Å². The molecular formula is C28H34O15. The van der Waals surface area contributed by atoms with Crippen LogP contribution in [0.4, 0.5) is 0 Å². The fraction of sp³-hybridized carbons (Fsp3) is 0.536. The Labute approximate surface area is 245 Å². The molecule has 3 heterocycles. The number of ketones is 1. The molecule has 0 radical (unpaired) electrons. The predicted molar refractivity (Wildman–Crippen MR) is 141 cm³/mol. The molecule has 0 spiro atoms. The van der Waals surface area contributed by atoms with E-state index in [1.165, 1.54) is 32.2 Å². The Morgan fingerprint density at radius 1 is 0.837 bits per heavy atom. The van der Waals surface area contributed by atoms with E-state index in [1.54, 1.807) is 6.07 Å². The summed E-state index contributed by atoms with van der Waals surface area (Å²) < 4.78 is 33.1. The number of hydrogen-bond acceptors (Lipinski definition) is 15. The van der Waals surface area contributed by atoms with Gasteiger partial charge in [0.25, 0.3) is 0 Å². The minimum absolute atomic E-state index is 0.0457. The van der Waals surface area contributed by atoms with Gasteiger partial charge in [0.2, 0.25) is 6.29 Å². The van der Waals surface area contributed by atoms with E-state index >= 15 is 0 Å². The third kappa shape index (κ3) is 6.08. The lowest BCUT2D eigenvalue weighted by atomic mass is 9.95. The Kier molecular flexibility index (Phi) is 8.99. The first-order valence-electron chi connectivity index (χ1n) is 13.5. The quantitative estimate of drug-likeness (QED) is 0.185. The van der Waals surface area contributed by atoms with Gasteiger partial charge in [0.1, 0.15) is 71.6 Å². The fourth-order valence-electron chi connectivity index (χ4n) is 5.20. The van der Waals surface area contributed by atoms with Crippen LogP contribution in [0.1, 0.15) is 35.4 Å². The third-order valence-corrected chi connectivity index (χ3v) is 7.70. The summed E-state index contributed by atoms with van der Waals surface area (Å²) in [5.74, 6) is -0.999. The Morgan fingerprint density at radius 3 is 2.23 bits per heavy atom. The van der Waals surface area contributed by atoms with Crippen molar-refractivity contribution in [3.63, 3.8) is 0 Å². The standard InChI is InChI=1S/C28H34O15/c1-10-21(32)23(34)25(36)27(40-10)39-9-19-22(33)24(35)26(37)28(43-19)41-12-6-14(30)20-15(31)8-17(42-18(20)7-12)11-3-4-16(38-2)13(29)5-11/h3-7,10,17,19,21-30,32-37H,8-9H2,1-2H3/t10-,17?,19+,21-,22+,23?,24?,25+,26+,27+,28?/m0/s1. The molecular weight excluding hydrogens is 576 g/mol. The Hall–Kier alpha value is -3.25. The van der Waals surface area contributed by atoms with Gasteiger partial charge in [-0.25, -0.2) is 0 Å². The van der Waals surface area contributed by atoms with Crippen molar-refractivity contribution in [3.05, 3.63) is 41.5 Å². The SMILES string of the molecule is COc1ccc(C2CC(=O)c3c(O)cc(OC4O[C@H](CO[C@@H]5O[C@@H](C)[C@H](O)C(O)[C@H]5O)[C@@H](O)C(O)[C@H]4O)cc3O2)cc1O. The van der Waals surface area contributed by atoms with Gasteiger partial charge in [-0.05, 0) is 24.6 Å². The second kappa shape index (κ2) is 12.4. The lowest BCUT2D eigenvalue weighted by molar-refractivity contribution is -0.318. The van der Waals surface area contributed by atoms with E-state index < -0.39 is 85.7 Å². The van der Waals surface area contributed by atoms with E-state index in [9.17, 15) is 45.6 Å². The first-order valence-corrected chi connectivity index (χ1v) is 13.5. The molecule has 0 bridgehead atoms. The minimum atomic E-state index is -1.77. The number of hydrogen-bond donors (Lipinski definition) is 8. The van der Waals surface area contributed by atoms with Crippen molar-refractivity contribution in [2.45, 2.75) is 80.9 Å². The van der Waals surface area contributed by atoms with Crippen LogP contribution < -0.4 is 14.2 Å². The monoisotopic (exact) mass is 610 g/mol. The number of Topliss-reactive ketones (excluding diaryl/α,β-unsaturated/α-hetero) is 1. The molecule has 15 heteroatoms. The molecule has 2 aromatic carbocycles. The number of phenolic OH excluding ortho intramolecular Hbond substituents is 2. The molecule has 2 fully saturated rings. The van der Waals surface area contributed by atoms with Crippen LogP contribution in [0.15, 0.2) is 30.3 Å². The zero-order chi connectivity index (χ0) is 31.2.